The van der Waals surface area contributed by atoms with E-state index in [-0.39, 0.29) is 0 Å². The van der Waals surface area contributed by atoms with Gasteiger partial charge in [0.05, 0.1) is 0 Å². The minimum Gasteiger partial charge on any atom is -0.135 e. The van der Waals surface area contributed by atoms with Crippen LogP contribution in [0.15, 0.2) is 170 Å². The number of thiophene rings is 2. The zero-order chi connectivity index (χ0) is 32.8. The summed E-state index contributed by atoms with van der Waals surface area (Å²) in [5.74, 6) is 0. The molecule has 2 aromatic heterocycles. The second-order valence-corrected chi connectivity index (χ2v) is 15.3. The summed E-state index contributed by atoms with van der Waals surface area (Å²) in [4.78, 5) is 0. The van der Waals surface area contributed by atoms with Crippen LogP contribution in [-0.2, 0) is 0 Å². The van der Waals surface area contributed by atoms with Crippen LogP contribution < -0.4 is 0 Å². The lowest BCUT2D eigenvalue weighted by molar-refractivity contribution is 1.64. The van der Waals surface area contributed by atoms with Crippen LogP contribution in [0, 0.1) is 0 Å². The molecule has 2 heterocycles. The highest BCUT2D eigenvalue weighted by molar-refractivity contribution is 7.27. The highest BCUT2D eigenvalue weighted by atomic mass is 32.1. The average molecular weight is 669 g/mol. The predicted octanol–water partition coefficient (Wildman–Crippen LogP) is 14.9. The van der Waals surface area contributed by atoms with Crippen molar-refractivity contribution in [3.8, 4) is 33.4 Å². The molecule has 2 heteroatoms. The highest BCUT2D eigenvalue weighted by Gasteiger charge is 2.19. The van der Waals surface area contributed by atoms with E-state index in [1.165, 1.54) is 106 Å². The molecule has 0 aliphatic heterocycles. The topological polar surface area (TPSA) is 0 Å². The summed E-state index contributed by atoms with van der Waals surface area (Å²) in [6, 6.07) is 63.0. The summed E-state index contributed by atoms with van der Waals surface area (Å²) in [5.41, 5.74) is 7.59. The Bertz CT molecular complexity index is 3080. The molecule has 0 fully saturated rings. The Hall–Kier alpha value is -5.80. The molecule has 0 spiro atoms. The van der Waals surface area contributed by atoms with Crippen molar-refractivity contribution in [3.63, 3.8) is 0 Å². The van der Waals surface area contributed by atoms with Gasteiger partial charge in [0.1, 0.15) is 0 Å². The second kappa shape index (κ2) is 10.9. The van der Waals surface area contributed by atoms with Gasteiger partial charge >= 0.3 is 0 Å². The van der Waals surface area contributed by atoms with Crippen LogP contribution in [0.2, 0.25) is 0 Å². The average Bonchev–Trinajstić information content (AvgIpc) is 3.73. The summed E-state index contributed by atoms with van der Waals surface area (Å²) in [7, 11) is 0. The van der Waals surface area contributed by atoms with E-state index in [4.69, 9.17) is 0 Å². The molecule has 232 valence electrons. The summed E-state index contributed by atoms with van der Waals surface area (Å²) in [6.07, 6.45) is 0. The van der Waals surface area contributed by atoms with Gasteiger partial charge in [-0.3, -0.25) is 0 Å². The van der Waals surface area contributed by atoms with E-state index in [9.17, 15) is 0 Å². The number of hydrogen-bond donors (Lipinski definition) is 0. The summed E-state index contributed by atoms with van der Waals surface area (Å²) in [6.45, 7) is 0. The predicted molar refractivity (Wildman–Crippen MR) is 221 cm³/mol. The molecule has 0 nitrogen and oxygen atoms in total. The molecule has 0 saturated carbocycles. The Morgan fingerprint density at radius 2 is 0.760 bits per heavy atom. The summed E-state index contributed by atoms with van der Waals surface area (Å²) in [5, 5.41) is 13.2. The van der Waals surface area contributed by atoms with Gasteiger partial charge in [-0.05, 0) is 96.0 Å². The molecular formula is C48H28S2. The van der Waals surface area contributed by atoms with Crippen molar-refractivity contribution < 1.29 is 0 Å². The van der Waals surface area contributed by atoms with Crippen LogP contribution in [0.5, 0.6) is 0 Å². The third-order valence-corrected chi connectivity index (χ3v) is 12.7. The summed E-state index contributed by atoms with van der Waals surface area (Å²) >= 11 is 3.82. The molecule has 0 aliphatic carbocycles. The van der Waals surface area contributed by atoms with E-state index in [1.54, 1.807) is 0 Å². The number of rotatable bonds is 3. The molecule has 0 radical (unpaired) electrons. The molecule has 0 bridgehead atoms. The van der Waals surface area contributed by atoms with Crippen LogP contribution in [-0.4, -0.2) is 0 Å². The van der Waals surface area contributed by atoms with Gasteiger partial charge in [-0.25, -0.2) is 0 Å². The Kier molecular flexibility index (Phi) is 6.09. The quantitative estimate of drug-likeness (QED) is 0.164. The monoisotopic (exact) mass is 668 g/mol. The first kappa shape index (κ1) is 28.1. The Labute approximate surface area is 297 Å². The Morgan fingerprint density at radius 3 is 1.48 bits per heavy atom. The van der Waals surface area contributed by atoms with Gasteiger partial charge in [0.2, 0.25) is 0 Å². The molecule has 0 N–H and O–H groups in total. The lowest BCUT2D eigenvalue weighted by atomic mass is 9.85. The molecule has 50 heavy (non-hydrogen) atoms. The first-order valence-electron chi connectivity index (χ1n) is 17.1. The minimum absolute atomic E-state index is 1.24. The molecule has 0 unspecified atom stereocenters. The zero-order valence-electron chi connectivity index (χ0n) is 27.0. The number of benzene rings is 9. The molecule has 0 saturated heterocycles. The number of hydrogen-bond acceptors (Lipinski definition) is 2. The lowest BCUT2D eigenvalue weighted by Crippen LogP contribution is -1.91. The van der Waals surface area contributed by atoms with Crippen LogP contribution in [0.3, 0.4) is 0 Å². The molecule has 11 rings (SSSR count). The van der Waals surface area contributed by atoms with Crippen LogP contribution in [0.25, 0.3) is 106 Å². The maximum atomic E-state index is 2.45. The fourth-order valence-corrected chi connectivity index (χ4v) is 10.6. The van der Waals surface area contributed by atoms with Gasteiger partial charge in [-0.15, -0.1) is 22.7 Å². The molecular weight excluding hydrogens is 641 g/mol. The van der Waals surface area contributed by atoms with Crippen molar-refractivity contribution in [2.24, 2.45) is 0 Å². The lowest BCUT2D eigenvalue weighted by Gasteiger charge is -2.18. The van der Waals surface area contributed by atoms with Crippen molar-refractivity contribution in [2.75, 3.05) is 0 Å². The Morgan fingerprint density at radius 1 is 0.260 bits per heavy atom. The third-order valence-electron chi connectivity index (χ3n) is 10.4. The smallest absolute Gasteiger partial charge is 0.0368 e. The maximum Gasteiger partial charge on any atom is 0.0368 e. The van der Waals surface area contributed by atoms with Crippen molar-refractivity contribution >= 4 is 95.3 Å². The van der Waals surface area contributed by atoms with Crippen LogP contribution in [0.4, 0.5) is 0 Å². The van der Waals surface area contributed by atoms with E-state index in [0.29, 0.717) is 0 Å². The zero-order valence-corrected chi connectivity index (χ0v) is 28.6. The SMILES string of the molecule is c1ccc(-c2c3ccccc3c(-c3cccc(-c4cc5sc6cc7c(cc6c5c5ccccc45)sc4ccccc47)c3)c3ccccc23)cc1. The fourth-order valence-electron chi connectivity index (χ4n) is 8.29. The van der Waals surface area contributed by atoms with Crippen molar-refractivity contribution in [3.05, 3.63) is 170 Å². The fraction of sp³-hybridized carbons (Fsp3) is 0. The normalized spacial score (nSPS) is 12.0. The van der Waals surface area contributed by atoms with Gasteiger partial charge in [0.25, 0.3) is 0 Å². The van der Waals surface area contributed by atoms with E-state index in [2.05, 4.69) is 170 Å². The van der Waals surface area contributed by atoms with E-state index >= 15 is 0 Å². The molecule has 9 aromatic carbocycles. The standard InChI is InChI=1S/C48H28S2/c1-2-13-29(14-3-1)46-35-20-6-8-22-37(35)47(38-23-9-7-21-36(38)46)31-16-12-15-30(25-31)39-26-45-48(34-19-5-4-17-32(34)39)41-28-43-40(27-44(41)50-45)33-18-10-11-24-42(33)49-43/h1-28H. The van der Waals surface area contributed by atoms with E-state index < -0.39 is 0 Å². The van der Waals surface area contributed by atoms with Crippen molar-refractivity contribution in [1.29, 1.82) is 0 Å². The van der Waals surface area contributed by atoms with Gasteiger partial charge in [0, 0.05) is 40.3 Å². The molecule has 0 amide bonds. The molecule has 11 aromatic rings. The van der Waals surface area contributed by atoms with Crippen LogP contribution >= 0.6 is 22.7 Å². The van der Waals surface area contributed by atoms with Gasteiger partial charge in [0.15, 0.2) is 0 Å². The van der Waals surface area contributed by atoms with E-state index in [1.807, 2.05) is 22.7 Å². The number of fused-ring (bicyclic) bond motifs is 10. The first-order valence-corrected chi connectivity index (χ1v) is 18.7. The molecule has 0 atom stereocenters. The summed E-state index contributed by atoms with van der Waals surface area (Å²) < 4.78 is 5.40. The third kappa shape index (κ3) is 4.10. The second-order valence-electron chi connectivity index (χ2n) is 13.2. The van der Waals surface area contributed by atoms with Gasteiger partial charge < -0.3 is 0 Å². The van der Waals surface area contributed by atoms with Gasteiger partial charge in [-0.1, -0.05) is 140 Å². The largest absolute Gasteiger partial charge is 0.135 e. The first-order chi connectivity index (χ1) is 24.8. The van der Waals surface area contributed by atoms with Crippen molar-refractivity contribution in [1.82, 2.24) is 0 Å². The van der Waals surface area contributed by atoms with Crippen molar-refractivity contribution in [2.45, 2.75) is 0 Å². The maximum absolute atomic E-state index is 2.45. The van der Waals surface area contributed by atoms with E-state index in [0.717, 1.165) is 0 Å². The highest BCUT2D eigenvalue weighted by Crippen LogP contribution is 2.48. The van der Waals surface area contributed by atoms with Gasteiger partial charge in [-0.2, -0.15) is 0 Å². The minimum atomic E-state index is 1.24. The van der Waals surface area contributed by atoms with Crippen LogP contribution in [0.1, 0.15) is 0 Å². The molecule has 0 aliphatic rings. The Balaban J connectivity index is 1.16.